The maximum Gasteiger partial charge on any atom is 0.232 e. The average Bonchev–Trinajstić information content (AvgIpc) is 2.10. The second-order valence-electron chi connectivity index (χ2n) is 3.02. The van der Waals surface area contributed by atoms with Crippen LogP contribution in [0, 0.1) is 0 Å². The van der Waals surface area contributed by atoms with Crippen LogP contribution in [0.5, 0.6) is 0 Å². The molecule has 0 spiro atoms. The topological polar surface area (TPSA) is 29.1 Å². The van der Waals surface area contributed by atoms with Gasteiger partial charge >= 0.3 is 0 Å². The van der Waals surface area contributed by atoms with E-state index in [4.69, 9.17) is 0 Å². The molecule has 0 saturated heterocycles. The number of rotatable bonds is 7. The summed E-state index contributed by atoms with van der Waals surface area (Å²) in [7, 11) is 0. The number of thioether (sulfide) groups is 1. The van der Waals surface area contributed by atoms with Crippen LogP contribution in [-0.2, 0) is 4.79 Å². The first-order chi connectivity index (χ1) is 6.18. The van der Waals surface area contributed by atoms with E-state index >= 15 is 0 Å². The van der Waals surface area contributed by atoms with E-state index < -0.39 is 0 Å². The molecule has 13 heavy (non-hydrogen) atoms. The first kappa shape index (κ1) is 13.2. The summed E-state index contributed by atoms with van der Waals surface area (Å²) in [5.41, 5.74) is 0. The number of hydrogen-bond acceptors (Lipinski definition) is 3. The third kappa shape index (κ3) is 8.50. The fraction of sp³-hybridized carbons (Fsp3) is 0.889. The molecule has 1 atom stereocenters. The molecule has 0 aliphatic heterocycles. The predicted octanol–water partition coefficient (Wildman–Crippen LogP) is 1.95. The van der Waals surface area contributed by atoms with Crippen molar-refractivity contribution in [3.8, 4) is 0 Å². The van der Waals surface area contributed by atoms with E-state index in [-0.39, 0.29) is 11.2 Å². The zero-order chi connectivity index (χ0) is 10.1. The molecule has 2 nitrogen and oxygen atoms in total. The summed E-state index contributed by atoms with van der Waals surface area (Å²) in [4.78, 5) is 11.0. The van der Waals surface area contributed by atoms with E-state index in [2.05, 4.69) is 24.2 Å². The zero-order valence-corrected chi connectivity index (χ0v) is 10.1. The molecule has 0 heterocycles. The maximum atomic E-state index is 11.0. The summed E-state index contributed by atoms with van der Waals surface area (Å²) < 4.78 is 0. The Labute approximate surface area is 90.6 Å². The van der Waals surface area contributed by atoms with Crippen molar-refractivity contribution < 1.29 is 4.79 Å². The van der Waals surface area contributed by atoms with Crippen molar-refractivity contribution in [2.45, 2.75) is 31.4 Å². The van der Waals surface area contributed by atoms with Gasteiger partial charge in [-0.15, -0.1) is 0 Å². The van der Waals surface area contributed by atoms with Gasteiger partial charge < -0.3 is 5.32 Å². The molecule has 1 N–H and O–H groups in total. The van der Waals surface area contributed by atoms with Crippen molar-refractivity contribution in [2.24, 2.45) is 0 Å². The van der Waals surface area contributed by atoms with Gasteiger partial charge in [0.15, 0.2) is 0 Å². The smallest absolute Gasteiger partial charge is 0.232 e. The number of carbonyl (C=O) groups excluding carboxylic acids is 1. The molecule has 0 rings (SSSR count). The third-order valence-corrected chi connectivity index (χ3v) is 2.64. The number of thiol groups is 1. The molecule has 0 aromatic rings. The predicted molar refractivity (Wildman–Crippen MR) is 63.7 cm³/mol. The molecule has 0 saturated carbocycles. The summed E-state index contributed by atoms with van der Waals surface area (Å²) >= 11 is 5.91. The van der Waals surface area contributed by atoms with E-state index in [0.717, 1.165) is 13.0 Å². The Kier molecular flexibility index (Phi) is 8.87. The number of nitrogens with one attached hydrogen (secondary N) is 1. The SMILES string of the molecule is CSCCCCCNC(=O)C(C)S. The van der Waals surface area contributed by atoms with E-state index in [1.165, 1.54) is 18.6 Å². The number of hydrogen-bond donors (Lipinski definition) is 2. The van der Waals surface area contributed by atoms with Gasteiger partial charge in [-0.25, -0.2) is 0 Å². The van der Waals surface area contributed by atoms with Gasteiger partial charge in [-0.1, -0.05) is 6.42 Å². The van der Waals surface area contributed by atoms with Crippen LogP contribution < -0.4 is 5.32 Å². The Morgan fingerprint density at radius 1 is 1.46 bits per heavy atom. The minimum Gasteiger partial charge on any atom is -0.355 e. The Morgan fingerprint density at radius 3 is 2.69 bits per heavy atom. The first-order valence-corrected chi connectivity index (χ1v) is 6.54. The van der Waals surface area contributed by atoms with E-state index in [9.17, 15) is 4.79 Å². The van der Waals surface area contributed by atoms with Crippen LogP contribution in [0.15, 0.2) is 0 Å². The average molecular weight is 221 g/mol. The van der Waals surface area contributed by atoms with Gasteiger partial charge in [0.2, 0.25) is 5.91 Å². The maximum absolute atomic E-state index is 11.0. The Balaban J connectivity index is 3.12. The van der Waals surface area contributed by atoms with Gasteiger partial charge in [0.1, 0.15) is 0 Å². The van der Waals surface area contributed by atoms with Crippen LogP contribution in [0.1, 0.15) is 26.2 Å². The number of unbranched alkanes of at least 4 members (excludes halogenated alkanes) is 2. The quantitative estimate of drug-likeness (QED) is 0.508. The van der Waals surface area contributed by atoms with Gasteiger partial charge in [0.05, 0.1) is 5.25 Å². The molecular formula is C9H19NOS2. The highest BCUT2D eigenvalue weighted by molar-refractivity contribution is 7.98. The molecule has 78 valence electrons. The summed E-state index contributed by atoms with van der Waals surface area (Å²) in [5, 5.41) is 2.65. The largest absolute Gasteiger partial charge is 0.355 e. The van der Waals surface area contributed by atoms with Gasteiger partial charge in [-0.05, 0) is 31.8 Å². The summed E-state index contributed by atoms with van der Waals surface area (Å²) in [6.45, 7) is 2.57. The fourth-order valence-corrected chi connectivity index (χ4v) is 1.49. The van der Waals surface area contributed by atoms with Crippen molar-refractivity contribution in [3.05, 3.63) is 0 Å². The second kappa shape index (κ2) is 8.75. The van der Waals surface area contributed by atoms with Crippen LogP contribution in [0.25, 0.3) is 0 Å². The molecule has 1 amide bonds. The number of amides is 1. The van der Waals surface area contributed by atoms with E-state index in [1.54, 1.807) is 6.92 Å². The Bertz CT molecular complexity index is 140. The Morgan fingerprint density at radius 2 is 2.15 bits per heavy atom. The minimum absolute atomic E-state index is 0.0354. The van der Waals surface area contributed by atoms with Gasteiger partial charge in [-0.2, -0.15) is 24.4 Å². The van der Waals surface area contributed by atoms with Crippen LogP contribution in [0.2, 0.25) is 0 Å². The minimum atomic E-state index is -0.189. The van der Waals surface area contributed by atoms with Crippen molar-refractivity contribution in [3.63, 3.8) is 0 Å². The highest BCUT2D eigenvalue weighted by Crippen LogP contribution is 2.01. The van der Waals surface area contributed by atoms with Gasteiger partial charge in [0, 0.05) is 6.54 Å². The van der Waals surface area contributed by atoms with Crippen LogP contribution in [-0.4, -0.2) is 29.7 Å². The lowest BCUT2D eigenvalue weighted by Crippen LogP contribution is -2.30. The van der Waals surface area contributed by atoms with Gasteiger partial charge in [-0.3, -0.25) is 4.79 Å². The summed E-state index contributed by atoms with van der Waals surface area (Å²) in [6.07, 6.45) is 5.63. The number of carbonyl (C=O) groups is 1. The fourth-order valence-electron chi connectivity index (χ4n) is 0.907. The molecule has 0 radical (unpaired) electrons. The van der Waals surface area contributed by atoms with Crippen LogP contribution in [0.3, 0.4) is 0 Å². The van der Waals surface area contributed by atoms with Crippen molar-refractivity contribution in [1.82, 2.24) is 5.32 Å². The standard InChI is InChI=1S/C9H19NOS2/c1-8(12)9(11)10-6-4-3-5-7-13-2/h8,12H,3-7H2,1-2H3,(H,10,11). The molecular weight excluding hydrogens is 202 g/mol. The first-order valence-electron chi connectivity index (χ1n) is 4.63. The molecule has 0 fully saturated rings. The van der Waals surface area contributed by atoms with Gasteiger partial charge in [0.25, 0.3) is 0 Å². The molecule has 0 bridgehead atoms. The lowest BCUT2D eigenvalue weighted by molar-refractivity contribution is -0.120. The lowest BCUT2D eigenvalue weighted by atomic mass is 10.2. The zero-order valence-electron chi connectivity index (χ0n) is 8.38. The second-order valence-corrected chi connectivity index (χ2v) is 4.78. The van der Waals surface area contributed by atoms with Crippen LogP contribution in [0.4, 0.5) is 0 Å². The van der Waals surface area contributed by atoms with Crippen molar-refractivity contribution in [2.75, 3.05) is 18.6 Å². The molecule has 0 aromatic heterocycles. The highest BCUT2D eigenvalue weighted by atomic mass is 32.2. The molecule has 0 aliphatic rings. The lowest BCUT2D eigenvalue weighted by Gasteiger charge is -2.06. The summed E-state index contributed by atoms with van der Waals surface area (Å²) in [5.74, 6) is 1.25. The molecule has 4 heteroatoms. The van der Waals surface area contributed by atoms with E-state index in [0.29, 0.717) is 0 Å². The Hall–Kier alpha value is 0.170. The van der Waals surface area contributed by atoms with Crippen molar-refractivity contribution in [1.29, 1.82) is 0 Å². The monoisotopic (exact) mass is 221 g/mol. The highest BCUT2D eigenvalue weighted by Gasteiger charge is 2.05. The van der Waals surface area contributed by atoms with Crippen LogP contribution >= 0.6 is 24.4 Å². The van der Waals surface area contributed by atoms with E-state index in [1.807, 2.05) is 11.8 Å². The molecule has 0 aliphatic carbocycles. The summed E-state index contributed by atoms with van der Waals surface area (Å²) in [6, 6.07) is 0. The third-order valence-electron chi connectivity index (χ3n) is 1.70. The van der Waals surface area contributed by atoms with Crippen molar-refractivity contribution >= 4 is 30.3 Å². The normalized spacial score (nSPS) is 12.5. The molecule has 1 unspecified atom stereocenters. The molecule has 0 aromatic carbocycles.